The molecular weight excluding hydrogens is 429 g/mol. The maximum absolute atomic E-state index is 14.1. The fourth-order valence-electron chi connectivity index (χ4n) is 4.55. The van der Waals surface area contributed by atoms with Gasteiger partial charge in [-0.05, 0) is 60.1 Å². The molecule has 0 radical (unpaired) electrons. The zero-order chi connectivity index (χ0) is 24.0. The molecule has 4 nitrogen and oxygen atoms in total. The lowest BCUT2D eigenvalue weighted by Crippen LogP contribution is -2.48. The van der Waals surface area contributed by atoms with Crippen molar-refractivity contribution < 1.29 is 19.0 Å². The molecule has 1 amide bonds. The first-order chi connectivity index (χ1) is 16.5. The molecule has 1 unspecified atom stereocenters. The number of likely N-dealkylation sites (tertiary alicyclic amines) is 1. The number of halogens is 1. The Morgan fingerprint density at radius 1 is 1.09 bits per heavy atom. The second kappa shape index (κ2) is 10.7. The lowest BCUT2D eigenvalue weighted by atomic mass is 9.85. The van der Waals surface area contributed by atoms with Gasteiger partial charge in [-0.2, -0.15) is 0 Å². The van der Waals surface area contributed by atoms with Crippen molar-refractivity contribution in [2.45, 2.75) is 31.3 Å². The molecule has 4 rings (SSSR count). The SMILES string of the molecule is COc1ccc(CC/C(=C/C(=O)N2CCCC(O)(c3ccccc3)C2)c2ccccc2)cc1F. The van der Waals surface area contributed by atoms with Crippen molar-refractivity contribution in [3.05, 3.63) is 107 Å². The van der Waals surface area contributed by atoms with Crippen LogP contribution in [0.2, 0.25) is 0 Å². The number of rotatable bonds is 7. The quantitative estimate of drug-likeness (QED) is 0.484. The van der Waals surface area contributed by atoms with Crippen molar-refractivity contribution in [2.24, 2.45) is 0 Å². The Labute approximate surface area is 200 Å². The first kappa shape index (κ1) is 23.7. The minimum Gasteiger partial charge on any atom is -0.494 e. The largest absolute Gasteiger partial charge is 0.494 e. The molecule has 0 saturated carbocycles. The van der Waals surface area contributed by atoms with E-state index in [2.05, 4.69) is 0 Å². The van der Waals surface area contributed by atoms with Gasteiger partial charge in [0, 0.05) is 12.6 Å². The predicted octanol–water partition coefficient (Wildman–Crippen LogP) is 5.36. The van der Waals surface area contributed by atoms with Gasteiger partial charge in [-0.15, -0.1) is 0 Å². The van der Waals surface area contributed by atoms with E-state index in [0.717, 1.165) is 28.7 Å². The average molecular weight is 460 g/mol. The number of benzene rings is 3. The first-order valence-corrected chi connectivity index (χ1v) is 11.6. The summed E-state index contributed by atoms with van der Waals surface area (Å²) in [5, 5.41) is 11.3. The second-order valence-corrected chi connectivity index (χ2v) is 8.77. The monoisotopic (exact) mass is 459 g/mol. The van der Waals surface area contributed by atoms with Crippen LogP contribution in [0.25, 0.3) is 5.57 Å². The maximum atomic E-state index is 14.1. The summed E-state index contributed by atoms with van der Waals surface area (Å²) in [6.45, 7) is 0.869. The molecule has 176 valence electrons. The average Bonchev–Trinajstić information content (AvgIpc) is 2.87. The first-order valence-electron chi connectivity index (χ1n) is 11.6. The number of piperidine rings is 1. The molecule has 1 heterocycles. The molecule has 0 aromatic heterocycles. The molecule has 3 aromatic rings. The molecule has 1 fully saturated rings. The van der Waals surface area contributed by atoms with Crippen LogP contribution in [-0.2, 0) is 16.8 Å². The van der Waals surface area contributed by atoms with Gasteiger partial charge in [-0.25, -0.2) is 4.39 Å². The van der Waals surface area contributed by atoms with Crippen LogP contribution in [0.3, 0.4) is 0 Å². The Balaban J connectivity index is 1.54. The van der Waals surface area contributed by atoms with Crippen LogP contribution in [0.1, 0.15) is 36.0 Å². The van der Waals surface area contributed by atoms with E-state index >= 15 is 0 Å². The minimum atomic E-state index is -1.05. The fraction of sp³-hybridized carbons (Fsp3) is 0.276. The summed E-state index contributed by atoms with van der Waals surface area (Å²) >= 11 is 0. The van der Waals surface area contributed by atoms with Crippen LogP contribution in [0.15, 0.2) is 84.9 Å². The lowest BCUT2D eigenvalue weighted by molar-refractivity contribution is -0.133. The number of carbonyl (C=O) groups excluding carboxylic acids is 1. The van der Waals surface area contributed by atoms with Gasteiger partial charge in [0.15, 0.2) is 11.6 Å². The molecule has 0 bridgehead atoms. The van der Waals surface area contributed by atoms with E-state index in [4.69, 9.17) is 4.74 Å². The molecule has 1 N–H and O–H groups in total. The fourth-order valence-corrected chi connectivity index (χ4v) is 4.55. The number of methoxy groups -OCH3 is 1. The van der Waals surface area contributed by atoms with Gasteiger partial charge in [-0.3, -0.25) is 4.79 Å². The second-order valence-electron chi connectivity index (χ2n) is 8.77. The van der Waals surface area contributed by atoms with Gasteiger partial charge >= 0.3 is 0 Å². The normalized spacial score (nSPS) is 18.6. The maximum Gasteiger partial charge on any atom is 0.246 e. The Bertz CT molecular complexity index is 1150. The van der Waals surface area contributed by atoms with E-state index in [9.17, 15) is 14.3 Å². The number of hydrogen-bond acceptors (Lipinski definition) is 3. The van der Waals surface area contributed by atoms with Gasteiger partial charge in [0.05, 0.1) is 13.7 Å². The molecule has 34 heavy (non-hydrogen) atoms. The van der Waals surface area contributed by atoms with Gasteiger partial charge in [-0.1, -0.05) is 66.7 Å². The van der Waals surface area contributed by atoms with Crippen molar-refractivity contribution in [2.75, 3.05) is 20.2 Å². The highest BCUT2D eigenvalue weighted by atomic mass is 19.1. The van der Waals surface area contributed by atoms with Crippen LogP contribution < -0.4 is 4.74 Å². The number of β-amino-alcohol motifs (C(OH)–C–C–N with tert-alkyl or cyclic N) is 1. The van der Waals surface area contributed by atoms with Crippen LogP contribution in [-0.4, -0.2) is 36.1 Å². The summed E-state index contributed by atoms with van der Waals surface area (Å²) in [7, 11) is 1.44. The third-order valence-corrected chi connectivity index (χ3v) is 6.44. The van der Waals surface area contributed by atoms with E-state index in [0.29, 0.717) is 25.8 Å². The van der Waals surface area contributed by atoms with E-state index < -0.39 is 11.4 Å². The number of amides is 1. The predicted molar refractivity (Wildman–Crippen MR) is 132 cm³/mol. The van der Waals surface area contributed by atoms with E-state index in [1.54, 1.807) is 17.0 Å². The van der Waals surface area contributed by atoms with Crippen molar-refractivity contribution in [3.63, 3.8) is 0 Å². The van der Waals surface area contributed by atoms with Crippen LogP contribution in [0, 0.1) is 5.82 Å². The topological polar surface area (TPSA) is 49.8 Å². The highest BCUT2D eigenvalue weighted by molar-refractivity contribution is 5.95. The van der Waals surface area contributed by atoms with Gasteiger partial charge in [0.25, 0.3) is 0 Å². The molecule has 5 heteroatoms. The summed E-state index contributed by atoms with van der Waals surface area (Å²) in [5.41, 5.74) is 2.47. The standard InChI is InChI=1S/C29H30FNO3/c1-34-27-16-14-22(19-26(27)30)13-15-24(23-9-4-2-5-10-23)20-28(32)31-18-8-17-29(33,21-31)25-11-6-3-7-12-25/h2-7,9-12,14,16,19-20,33H,8,13,15,17-18,21H2,1H3/b24-20-. The van der Waals surface area contributed by atoms with Gasteiger partial charge in [0.2, 0.25) is 5.91 Å². The van der Waals surface area contributed by atoms with Crippen LogP contribution in [0.4, 0.5) is 4.39 Å². The molecule has 1 aliphatic heterocycles. The Kier molecular flexibility index (Phi) is 7.43. The van der Waals surface area contributed by atoms with E-state index in [-0.39, 0.29) is 18.2 Å². The Hall–Kier alpha value is -3.44. The molecule has 0 spiro atoms. The number of ether oxygens (including phenoxy) is 1. The summed E-state index contributed by atoms with van der Waals surface area (Å²) in [6, 6.07) is 24.3. The Morgan fingerprint density at radius 2 is 1.79 bits per heavy atom. The Morgan fingerprint density at radius 3 is 2.47 bits per heavy atom. The smallest absolute Gasteiger partial charge is 0.246 e. The zero-order valence-corrected chi connectivity index (χ0v) is 19.4. The summed E-state index contributed by atoms with van der Waals surface area (Å²) in [6.07, 6.45) is 4.20. The molecular formula is C29H30FNO3. The van der Waals surface area contributed by atoms with Crippen molar-refractivity contribution in [1.29, 1.82) is 0 Å². The summed E-state index contributed by atoms with van der Waals surface area (Å²) in [5.74, 6) is -0.294. The number of aliphatic hydroxyl groups is 1. The number of allylic oxidation sites excluding steroid dienone is 1. The number of hydrogen-bond donors (Lipinski definition) is 1. The van der Waals surface area contributed by atoms with E-state index in [1.165, 1.54) is 13.2 Å². The number of nitrogens with zero attached hydrogens (tertiary/aromatic N) is 1. The van der Waals surface area contributed by atoms with Crippen molar-refractivity contribution in [3.8, 4) is 5.75 Å². The zero-order valence-electron chi connectivity index (χ0n) is 19.4. The molecule has 1 atom stereocenters. The van der Waals surface area contributed by atoms with Crippen molar-refractivity contribution >= 4 is 11.5 Å². The highest BCUT2D eigenvalue weighted by Gasteiger charge is 2.36. The van der Waals surface area contributed by atoms with Crippen molar-refractivity contribution in [1.82, 2.24) is 4.90 Å². The van der Waals surface area contributed by atoms with Crippen LogP contribution >= 0.6 is 0 Å². The molecule has 1 saturated heterocycles. The highest BCUT2D eigenvalue weighted by Crippen LogP contribution is 2.32. The number of aryl methyl sites for hydroxylation is 1. The molecule has 3 aromatic carbocycles. The third kappa shape index (κ3) is 5.54. The number of carbonyl (C=O) groups is 1. The minimum absolute atomic E-state index is 0.117. The molecule has 0 aliphatic carbocycles. The van der Waals surface area contributed by atoms with Crippen LogP contribution in [0.5, 0.6) is 5.75 Å². The summed E-state index contributed by atoms with van der Waals surface area (Å²) < 4.78 is 19.1. The van der Waals surface area contributed by atoms with Gasteiger partial charge < -0.3 is 14.7 Å². The molecule has 1 aliphatic rings. The summed E-state index contributed by atoms with van der Waals surface area (Å²) in [4.78, 5) is 15.0. The third-order valence-electron chi connectivity index (χ3n) is 6.44. The van der Waals surface area contributed by atoms with E-state index in [1.807, 2.05) is 66.7 Å². The van der Waals surface area contributed by atoms with Gasteiger partial charge in [0.1, 0.15) is 5.60 Å². The lowest BCUT2D eigenvalue weighted by Gasteiger charge is -2.39.